The Morgan fingerprint density at radius 1 is 0.857 bits per heavy atom. The van der Waals surface area contributed by atoms with Gasteiger partial charge in [0.05, 0.1) is 9.83 Å². The molecule has 0 aromatic heterocycles. The SMILES string of the molecule is CO[N+](=O)c1cc(NC(C)=O)ccc1NCCSSCCNc1ccc(NC(C)=O)cc1[N+](=O)[O-]. The molecule has 35 heavy (non-hydrogen) atoms. The molecule has 0 saturated heterocycles. The molecule has 0 radical (unpaired) electrons. The number of nitrogens with zero attached hydrogens (tertiary/aromatic N) is 2. The van der Waals surface area contributed by atoms with Gasteiger partial charge in [-0.25, -0.2) is 4.84 Å². The van der Waals surface area contributed by atoms with E-state index < -0.39 is 4.92 Å². The Hall–Kier alpha value is -3.52. The second kappa shape index (κ2) is 14.0. The second-order valence-corrected chi connectivity index (χ2v) is 9.72. The third kappa shape index (κ3) is 9.33. The number of carbonyl (C=O) groups excluding carboxylic acids is 2. The van der Waals surface area contributed by atoms with E-state index in [1.54, 1.807) is 45.9 Å². The number of nitro benzene ring substituents is 1. The van der Waals surface area contributed by atoms with Gasteiger partial charge in [0.25, 0.3) is 10.6 Å². The van der Waals surface area contributed by atoms with Crippen molar-refractivity contribution in [3.63, 3.8) is 0 Å². The van der Waals surface area contributed by atoms with Crippen LogP contribution in [0.15, 0.2) is 36.4 Å². The van der Waals surface area contributed by atoms with Crippen LogP contribution < -0.4 is 21.3 Å². The first-order valence-electron chi connectivity index (χ1n) is 10.4. The summed E-state index contributed by atoms with van der Waals surface area (Å²) >= 11 is 0. The molecule has 0 aliphatic heterocycles. The number of benzene rings is 2. The molecule has 0 saturated carbocycles. The number of nitrogens with one attached hydrogen (secondary N) is 4. The van der Waals surface area contributed by atoms with Gasteiger partial charge in [-0.05, 0) is 24.3 Å². The van der Waals surface area contributed by atoms with E-state index in [0.29, 0.717) is 46.5 Å². The first kappa shape index (κ1) is 27.7. The Morgan fingerprint density at radius 3 is 1.74 bits per heavy atom. The second-order valence-electron chi connectivity index (χ2n) is 7.02. The highest BCUT2D eigenvalue weighted by atomic mass is 33.1. The summed E-state index contributed by atoms with van der Waals surface area (Å²) in [5.74, 6) is 0.884. The highest BCUT2D eigenvalue weighted by molar-refractivity contribution is 8.76. The summed E-state index contributed by atoms with van der Waals surface area (Å²) in [5, 5.41) is 22.7. The molecule has 2 rings (SSSR count). The molecule has 4 N–H and O–H groups in total. The molecule has 12 nitrogen and oxygen atoms in total. The number of carbonyl (C=O) groups is 2. The van der Waals surface area contributed by atoms with Crippen molar-refractivity contribution in [3.8, 4) is 0 Å². The van der Waals surface area contributed by atoms with Gasteiger partial charge in [0, 0.05) is 62.0 Å². The molecule has 14 heteroatoms. The van der Waals surface area contributed by atoms with Gasteiger partial charge in [0.2, 0.25) is 11.8 Å². The van der Waals surface area contributed by atoms with E-state index >= 15 is 0 Å². The Kier molecular flexibility index (Phi) is 11.1. The van der Waals surface area contributed by atoms with Crippen molar-refractivity contribution < 1.29 is 24.3 Å². The van der Waals surface area contributed by atoms with Crippen molar-refractivity contribution in [3.05, 3.63) is 51.4 Å². The van der Waals surface area contributed by atoms with Crippen molar-refractivity contribution in [1.82, 2.24) is 0 Å². The Morgan fingerprint density at radius 2 is 1.31 bits per heavy atom. The van der Waals surface area contributed by atoms with Crippen LogP contribution in [0.1, 0.15) is 13.8 Å². The van der Waals surface area contributed by atoms with Crippen LogP contribution in [0, 0.1) is 15.0 Å². The molecule has 0 heterocycles. The fraction of sp³-hybridized carbons (Fsp3) is 0.333. The van der Waals surface area contributed by atoms with E-state index in [1.165, 1.54) is 33.1 Å². The van der Waals surface area contributed by atoms with Gasteiger partial charge >= 0.3 is 5.69 Å². The number of amides is 2. The average molecular weight is 524 g/mol. The molecule has 0 bridgehead atoms. The predicted molar refractivity (Wildman–Crippen MR) is 140 cm³/mol. The molecule has 2 aromatic carbocycles. The van der Waals surface area contributed by atoms with Crippen LogP contribution in [0.2, 0.25) is 0 Å². The molecule has 2 aromatic rings. The highest BCUT2D eigenvalue weighted by Gasteiger charge is 2.21. The summed E-state index contributed by atoms with van der Waals surface area (Å²) < 4.78 is 0. The minimum absolute atomic E-state index is 0.109. The van der Waals surface area contributed by atoms with Crippen LogP contribution in [-0.2, 0) is 14.4 Å². The Labute approximate surface area is 210 Å². The minimum Gasteiger partial charge on any atom is -0.379 e. The van der Waals surface area contributed by atoms with Crippen LogP contribution in [-0.4, -0.2) is 53.4 Å². The number of anilines is 4. The molecule has 188 valence electrons. The van der Waals surface area contributed by atoms with Gasteiger partial charge in [-0.2, -0.15) is 0 Å². The Balaban J connectivity index is 1.77. The van der Waals surface area contributed by atoms with Gasteiger partial charge in [0.15, 0.2) is 7.11 Å². The Bertz CT molecular complexity index is 1080. The van der Waals surface area contributed by atoms with Gasteiger partial charge in [-0.3, -0.25) is 19.7 Å². The zero-order valence-corrected chi connectivity index (χ0v) is 21.1. The van der Waals surface area contributed by atoms with E-state index in [4.69, 9.17) is 4.84 Å². The average Bonchev–Trinajstić information content (AvgIpc) is 2.80. The molecular weight excluding hydrogens is 496 g/mol. The lowest BCUT2D eigenvalue weighted by atomic mass is 10.2. The molecule has 0 unspecified atom stereocenters. The van der Waals surface area contributed by atoms with E-state index in [2.05, 4.69) is 21.3 Å². The normalized spacial score (nSPS) is 10.3. The van der Waals surface area contributed by atoms with Crippen LogP contribution in [0.3, 0.4) is 0 Å². The minimum atomic E-state index is -0.495. The molecule has 0 aliphatic rings. The lowest BCUT2D eigenvalue weighted by Crippen LogP contribution is -2.10. The van der Waals surface area contributed by atoms with Gasteiger partial charge in [-0.1, -0.05) is 21.6 Å². The lowest BCUT2D eigenvalue weighted by molar-refractivity contribution is -0.736. The van der Waals surface area contributed by atoms with E-state index in [1.807, 2.05) is 0 Å². The third-order valence-corrected chi connectivity index (χ3v) is 6.69. The quantitative estimate of drug-likeness (QED) is 0.121. The van der Waals surface area contributed by atoms with Gasteiger partial charge < -0.3 is 21.3 Å². The molecule has 2 amide bonds. The topological polar surface area (TPSA) is 155 Å². The standard InChI is InChI=1S/C21H26N6O6S2/c1-14(28)24-16-4-6-18(20(12-16)26(30)31)22-8-10-34-35-11-9-23-19-7-5-17(25-15(2)29)13-21(19)27(32)33-3/h4-7,12-13H,8-11H2,1-3H3,(H3-,22,23,24,25,28,29,32)/p+1. The van der Waals surface area contributed by atoms with Crippen molar-refractivity contribution in [1.29, 1.82) is 0 Å². The van der Waals surface area contributed by atoms with E-state index in [0.717, 1.165) is 5.75 Å². The van der Waals surface area contributed by atoms with Gasteiger partial charge in [0.1, 0.15) is 11.4 Å². The monoisotopic (exact) mass is 523 g/mol. The number of rotatable bonds is 14. The van der Waals surface area contributed by atoms with Crippen molar-refractivity contribution in [2.24, 2.45) is 0 Å². The van der Waals surface area contributed by atoms with Crippen LogP contribution in [0.4, 0.5) is 34.1 Å². The smallest absolute Gasteiger partial charge is 0.341 e. The molecule has 0 aliphatic carbocycles. The van der Waals surface area contributed by atoms with E-state index in [9.17, 15) is 24.6 Å². The third-order valence-electron chi connectivity index (χ3n) is 4.28. The van der Waals surface area contributed by atoms with Crippen molar-refractivity contribution >= 4 is 67.5 Å². The van der Waals surface area contributed by atoms with Crippen LogP contribution in [0.25, 0.3) is 0 Å². The molecule has 0 fully saturated rings. The summed E-state index contributed by atoms with van der Waals surface area (Å²) in [6.07, 6.45) is 0. The number of nitro groups is 1. The molecular formula is C21H27N6O6S2+. The fourth-order valence-electron chi connectivity index (χ4n) is 2.90. The highest BCUT2D eigenvalue weighted by Crippen LogP contribution is 2.30. The van der Waals surface area contributed by atoms with Crippen molar-refractivity contribution in [2.45, 2.75) is 13.8 Å². The summed E-state index contributed by atoms with van der Waals surface area (Å²) in [7, 11) is 4.47. The first-order chi connectivity index (χ1) is 16.7. The first-order valence-corrected chi connectivity index (χ1v) is 12.9. The maximum absolute atomic E-state index is 12.0. The largest absolute Gasteiger partial charge is 0.379 e. The molecule has 0 atom stereocenters. The lowest BCUT2D eigenvalue weighted by Gasteiger charge is -2.09. The summed E-state index contributed by atoms with van der Waals surface area (Å²) in [6.45, 7) is 3.81. The summed E-state index contributed by atoms with van der Waals surface area (Å²) in [4.78, 5) is 50.3. The summed E-state index contributed by atoms with van der Waals surface area (Å²) in [5.41, 5.74) is 1.93. The number of hydrogen-bond donors (Lipinski definition) is 4. The number of hydrogen-bond acceptors (Lipinski definition) is 10. The zero-order valence-electron chi connectivity index (χ0n) is 19.5. The maximum Gasteiger partial charge on any atom is 0.341 e. The summed E-state index contributed by atoms with van der Waals surface area (Å²) in [6, 6.07) is 9.40. The van der Waals surface area contributed by atoms with Gasteiger partial charge in [-0.15, -0.1) is 0 Å². The zero-order chi connectivity index (χ0) is 25.8. The maximum atomic E-state index is 12.0. The van der Waals surface area contributed by atoms with E-state index in [-0.39, 0.29) is 23.2 Å². The van der Waals surface area contributed by atoms with Crippen molar-refractivity contribution in [2.75, 3.05) is 53.0 Å². The van der Waals surface area contributed by atoms with Crippen LogP contribution >= 0.6 is 21.6 Å². The fourth-order valence-corrected chi connectivity index (χ4v) is 4.71. The van der Waals surface area contributed by atoms with Crippen LogP contribution in [0.5, 0.6) is 0 Å². The molecule has 0 spiro atoms. The predicted octanol–water partition coefficient (Wildman–Crippen LogP) is 4.39.